The first-order valence-corrected chi connectivity index (χ1v) is 11.0. The van der Waals surface area contributed by atoms with Crippen LogP contribution in [0.1, 0.15) is 24.2 Å². The molecule has 2 aromatic heterocycles. The summed E-state index contributed by atoms with van der Waals surface area (Å²) >= 11 is 0. The van der Waals surface area contributed by atoms with E-state index >= 15 is 0 Å². The van der Waals surface area contributed by atoms with E-state index in [1.807, 2.05) is 12.1 Å². The Bertz CT molecular complexity index is 972. The Morgan fingerprint density at radius 2 is 2.20 bits per heavy atom. The Hall–Kier alpha value is -1.95. The van der Waals surface area contributed by atoms with E-state index in [1.165, 1.54) is 15.4 Å². The molecule has 1 fully saturated rings. The molecule has 4 rings (SSSR count). The molecule has 2 unspecified atom stereocenters. The highest BCUT2D eigenvalue weighted by Crippen LogP contribution is 2.47. The van der Waals surface area contributed by atoms with Crippen LogP contribution in [0.15, 0.2) is 24.4 Å². The van der Waals surface area contributed by atoms with Crippen molar-refractivity contribution >= 4 is 36.2 Å². The van der Waals surface area contributed by atoms with Crippen LogP contribution >= 0.6 is 18.5 Å². The molecular weight excluding hydrogens is 430 g/mol. The number of cyclic esters (lactones) is 1. The molecule has 0 radical (unpaired) electrons. The third-order valence-electron chi connectivity index (χ3n) is 5.12. The Morgan fingerprint density at radius 3 is 2.90 bits per heavy atom. The summed E-state index contributed by atoms with van der Waals surface area (Å²) in [5.41, 5.74) is -1.25. The van der Waals surface area contributed by atoms with Crippen molar-refractivity contribution in [1.29, 1.82) is 0 Å². The number of hydrogen-bond donors (Lipinski definition) is 2. The van der Waals surface area contributed by atoms with Crippen molar-refractivity contribution in [3.8, 4) is 11.3 Å². The number of pyridine rings is 2. The van der Waals surface area contributed by atoms with Gasteiger partial charge in [0.2, 0.25) is 0 Å². The number of rotatable bonds is 4. The fraction of sp³-hybridized carbons (Fsp3) is 0.421. The van der Waals surface area contributed by atoms with Gasteiger partial charge < -0.3 is 15.0 Å². The number of carbonyl (C=O) groups excluding carboxylic acids is 1. The molecule has 0 saturated carbocycles. The van der Waals surface area contributed by atoms with Gasteiger partial charge in [-0.15, -0.1) is 9.24 Å². The average Bonchev–Trinajstić information content (AvgIpc) is 2.71. The number of amides is 1. The zero-order valence-corrected chi connectivity index (χ0v) is 18.7. The SMILES string of the molecule is C[C@H]1CN(c2cc(CP)cc(-c3ccnc4c3[C@H](C(F)(F)P)OC(=O)N4)n2)CCN1. The van der Waals surface area contributed by atoms with E-state index in [0.29, 0.717) is 23.5 Å². The molecule has 1 amide bonds. The molecule has 0 aromatic carbocycles. The first kappa shape index (κ1) is 21.3. The van der Waals surface area contributed by atoms with Crippen molar-refractivity contribution in [2.75, 3.05) is 29.9 Å². The maximum atomic E-state index is 14.3. The molecule has 160 valence electrons. The maximum Gasteiger partial charge on any atom is 0.413 e. The lowest BCUT2D eigenvalue weighted by Crippen LogP contribution is -2.49. The molecule has 2 aromatic rings. The minimum absolute atomic E-state index is 0.0614. The summed E-state index contributed by atoms with van der Waals surface area (Å²) in [6.45, 7) is 4.55. The second-order valence-corrected chi connectivity index (χ2v) is 8.61. The number of hydrogen-bond acceptors (Lipinski definition) is 6. The van der Waals surface area contributed by atoms with Crippen molar-refractivity contribution < 1.29 is 18.3 Å². The molecule has 30 heavy (non-hydrogen) atoms. The number of piperazine rings is 1. The maximum absolute atomic E-state index is 14.3. The molecule has 0 aliphatic carbocycles. The van der Waals surface area contributed by atoms with Crippen molar-refractivity contribution in [3.63, 3.8) is 0 Å². The number of aromatic nitrogens is 2. The van der Waals surface area contributed by atoms with Crippen LogP contribution in [0.3, 0.4) is 0 Å². The minimum atomic E-state index is -3.36. The number of ether oxygens (including phenoxy) is 1. The van der Waals surface area contributed by atoms with Gasteiger partial charge in [0, 0.05) is 37.4 Å². The molecule has 7 nitrogen and oxygen atoms in total. The average molecular weight is 453 g/mol. The number of carbonyl (C=O) groups is 1. The summed E-state index contributed by atoms with van der Waals surface area (Å²) in [5, 5.41) is 5.82. The van der Waals surface area contributed by atoms with E-state index in [1.54, 1.807) is 6.07 Å². The second-order valence-electron chi connectivity index (χ2n) is 7.43. The summed E-state index contributed by atoms with van der Waals surface area (Å²) in [4.78, 5) is 22.8. The van der Waals surface area contributed by atoms with Crippen molar-refractivity contribution in [2.24, 2.45) is 0 Å². The molecule has 4 atom stereocenters. The van der Waals surface area contributed by atoms with E-state index < -0.39 is 17.9 Å². The van der Waals surface area contributed by atoms with Gasteiger partial charge >= 0.3 is 6.09 Å². The molecule has 2 aliphatic rings. The first-order valence-electron chi connectivity index (χ1n) is 9.59. The monoisotopic (exact) mass is 453 g/mol. The molecule has 4 heterocycles. The third-order valence-corrected chi connectivity index (χ3v) is 5.90. The summed E-state index contributed by atoms with van der Waals surface area (Å²) in [6, 6.07) is 5.83. The van der Waals surface area contributed by atoms with Gasteiger partial charge in [-0.1, -0.05) is 9.24 Å². The van der Waals surface area contributed by atoms with Crippen LogP contribution in [-0.2, 0) is 10.9 Å². The van der Waals surface area contributed by atoms with E-state index in [0.717, 1.165) is 31.0 Å². The fourth-order valence-corrected chi connectivity index (χ4v) is 4.22. The van der Waals surface area contributed by atoms with Gasteiger partial charge in [0.1, 0.15) is 11.6 Å². The molecule has 2 aliphatic heterocycles. The molecule has 0 bridgehead atoms. The van der Waals surface area contributed by atoms with Crippen LogP contribution in [0.5, 0.6) is 0 Å². The number of nitrogens with one attached hydrogen (secondary N) is 2. The molecule has 1 saturated heterocycles. The van der Waals surface area contributed by atoms with Crippen LogP contribution in [0.2, 0.25) is 0 Å². The highest BCUT2D eigenvalue weighted by Gasteiger charge is 2.45. The van der Waals surface area contributed by atoms with Crippen molar-refractivity contribution in [2.45, 2.75) is 30.9 Å². The predicted octanol–water partition coefficient (Wildman–Crippen LogP) is 3.39. The Balaban J connectivity index is 1.84. The minimum Gasteiger partial charge on any atom is -0.434 e. The van der Waals surface area contributed by atoms with E-state index in [2.05, 4.69) is 36.7 Å². The van der Waals surface area contributed by atoms with E-state index in [-0.39, 0.29) is 11.4 Å². The van der Waals surface area contributed by atoms with Crippen LogP contribution in [-0.4, -0.2) is 47.4 Å². The lowest BCUT2D eigenvalue weighted by molar-refractivity contribution is -0.0441. The van der Waals surface area contributed by atoms with Gasteiger partial charge in [0.15, 0.2) is 6.10 Å². The zero-order valence-electron chi connectivity index (χ0n) is 16.4. The normalized spacial score (nSPS) is 21.6. The molecule has 11 heteroatoms. The summed E-state index contributed by atoms with van der Waals surface area (Å²) in [5.74, 6) is 0.852. The van der Waals surface area contributed by atoms with Crippen LogP contribution < -0.4 is 15.5 Å². The molecule has 0 spiro atoms. The summed E-state index contributed by atoms with van der Waals surface area (Å²) in [7, 11) is 4.13. The summed E-state index contributed by atoms with van der Waals surface area (Å²) in [6.07, 6.45) is -0.576. The van der Waals surface area contributed by atoms with Gasteiger partial charge in [-0.2, -0.15) is 8.78 Å². The van der Waals surface area contributed by atoms with Gasteiger partial charge in [-0.05, 0) is 36.8 Å². The van der Waals surface area contributed by atoms with Crippen molar-refractivity contribution in [1.82, 2.24) is 15.3 Å². The number of anilines is 2. The van der Waals surface area contributed by atoms with E-state index in [4.69, 9.17) is 9.72 Å². The lowest BCUT2D eigenvalue weighted by Gasteiger charge is -2.33. The topological polar surface area (TPSA) is 79.4 Å². The fourth-order valence-electron chi connectivity index (χ4n) is 3.75. The second kappa shape index (κ2) is 8.29. The predicted molar refractivity (Wildman–Crippen MR) is 118 cm³/mol. The Labute approximate surface area is 177 Å². The van der Waals surface area contributed by atoms with Gasteiger partial charge in [-0.25, -0.2) is 14.8 Å². The first-order chi connectivity index (χ1) is 14.3. The largest absolute Gasteiger partial charge is 0.434 e. The third kappa shape index (κ3) is 4.25. The van der Waals surface area contributed by atoms with Gasteiger partial charge in [0.05, 0.1) is 11.3 Å². The smallest absolute Gasteiger partial charge is 0.413 e. The molecule has 2 N–H and O–H groups in total. The van der Waals surface area contributed by atoms with E-state index in [9.17, 15) is 13.6 Å². The number of nitrogens with zero attached hydrogens (tertiary/aromatic N) is 3. The Kier molecular flexibility index (Phi) is 5.88. The lowest BCUT2D eigenvalue weighted by atomic mass is 9.98. The number of fused-ring (bicyclic) bond motifs is 1. The van der Waals surface area contributed by atoms with Gasteiger partial charge in [0.25, 0.3) is 5.66 Å². The highest BCUT2D eigenvalue weighted by molar-refractivity contribution is 7.18. The standard InChI is InChI=1S/C19H23F2N5O2P2/c1-10-8-26(5-4-22-10)14-7-11(9-29)6-13(24-14)12-2-3-23-17-15(12)16(19(20,21)30)28-18(27)25-17/h2-3,6-7,10,16,22H,4-5,8-9,29-30H2,1H3,(H,23,25,27)/t10-,16+/m0/s1. The van der Waals surface area contributed by atoms with Gasteiger partial charge in [-0.3, -0.25) is 5.32 Å². The highest BCUT2D eigenvalue weighted by atomic mass is 31.0. The Morgan fingerprint density at radius 1 is 1.40 bits per heavy atom. The van der Waals surface area contributed by atoms with Crippen LogP contribution in [0, 0.1) is 0 Å². The van der Waals surface area contributed by atoms with Crippen molar-refractivity contribution in [3.05, 3.63) is 35.5 Å². The zero-order chi connectivity index (χ0) is 21.5. The number of halogens is 2. The van der Waals surface area contributed by atoms with Crippen LogP contribution in [0.4, 0.5) is 25.2 Å². The van der Waals surface area contributed by atoms with Crippen LogP contribution in [0.25, 0.3) is 11.3 Å². The number of alkyl halides is 2. The summed E-state index contributed by atoms with van der Waals surface area (Å²) < 4.78 is 33.6. The quantitative estimate of drug-likeness (QED) is 0.692. The molecular formula is C19H23F2N5O2P2.